The maximum atomic E-state index is 12.7. The molecule has 0 bridgehead atoms. The van der Waals surface area contributed by atoms with Crippen molar-refractivity contribution in [2.75, 3.05) is 19.7 Å². The number of guanidine groups is 1. The van der Waals surface area contributed by atoms with Crippen LogP contribution in [0.5, 0.6) is 0 Å². The fourth-order valence-corrected chi connectivity index (χ4v) is 2.92. The summed E-state index contributed by atoms with van der Waals surface area (Å²) in [6.07, 6.45) is 0.215. The SMILES string of the molecule is FC(F)(F)c1ccc(CN=C(NCCc2ccco2)NCC2CCCO2)cc1. The van der Waals surface area contributed by atoms with Crippen LogP contribution < -0.4 is 10.6 Å². The summed E-state index contributed by atoms with van der Waals surface area (Å²) in [5.74, 6) is 1.47. The smallest absolute Gasteiger partial charge is 0.416 e. The predicted octanol–water partition coefficient (Wildman–Crippen LogP) is 3.76. The van der Waals surface area contributed by atoms with E-state index in [9.17, 15) is 13.2 Å². The second-order valence-corrected chi connectivity index (χ2v) is 6.63. The van der Waals surface area contributed by atoms with Gasteiger partial charge in [-0.15, -0.1) is 0 Å². The van der Waals surface area contributed by atoms with E-state index in [0.717, 1.165) is 37.3 Å². The number of benzene rings is 1. The van der Waals surface area contributed by atoms with Crippen molar-refractivity contribution in [3.63, 3.8) is 0 Å². The van der Waals surface area contributed by atoms with Crippen LogP contribution in [0.4, 0.5) is 13.2 Å². The predicted molar refractivity (Wildman–Crippen MR) is 100.0 cm³/mol. The van der Waals surface area contributed by atoms with Crippen molar-refractivity contribution in [1.82, 2.24) is 10.6 Å². The summed E-state index contributed by atoms with van der Waals surface area (Å²) in [5, 5.41) is 6.48. The molecule has 0 amide bonds. The quantitative estimate of drug-likeness (QED) is 0.554. The van der Waals surface area contributed by atoms with Gasteiger partial charge in [0.05, 0.1) is 24.5 Å². The first-order valence-electron chi connectivity index (χ1n) is 9.33. The number of rotatable bonds is 7. The number of alkyl halides is 3. The Morgan fingerprint density at radius 1 is 1.14 bits per heavy atom. The lowest BCUT2D eigenvalue weighted by Crippen LogP contribution is -2.41. The summed E-state index contributed by atoms with van der Waals surface area (Å²) in [6, 6.07) is 8.80. The van der Waals surface area contributed by atoms with Gasteiger partial charge in [0, 0.05) is 26.1 Å². The number of hydrogen-bond donors (Lipinski definition) is 2. The molecule has 1 aliphatic heterocycles. The third-order valence-corrected chi connectivity index (χ3v) is 4.47. The minimum absolute atomic E-state index is 0.156. The Morgan fingerprint density at radius 3 is 2.61 bits per heavy atom. The van der Waals surface area contributed by atoms with Gasteiger partial charge in [0.15, 0.2) is 5.96 Å². The van der Waals surface area contributed by atoms with Crippen molar-refractivity contribution in [2.45, 2.75) is 38.1 Å². The molecule has 0 saturated carbocycles. The maximum Gasteiger partial charge on any atom is 0.416 e. The summed E-state index contributed by atoms with van der Waals surface area (Å²) in [6.45, 7) is 2.31. The first-order valence-corrected chi connectivity index (χ1v) is 9.33. The summed E-state index contributed by atoms with van der Waals surface area (Å²) in [7, 11) is 0. The minimum atomic E-state index is -4.33. The first kappa shape index (κ1) is 20.3. The lowest BCUT2D eigenvalue weighted by molar-refractivity contribution is -0.137. The van der Waals surface area contributed by atoms with E-state index in [1.165, 1.54) is 12.1 Å². The van der Waals surface area contributed by atoms with Gasteiger partial charge in [-0.05, 0) is 42.7 Å². The zero-order chi connectivity index (χ0) is 19.8. The summed E-state index contributed by atoms with van der Waals surface area (Å²) >= 11 is 0. The molecule has 8 heteroatoms. The Bertz CT molecular complexity index is 737. The summed E-state index contributed by atoms with van der Waals surface area (Å²) in [4.78, 5) is 4.49. The zero-order valence-electron chi connectivity index (χ0n) is 15.5. The highest BCUT2D eigenvalue weighted by atomic mass is 19.4. The molecule has 0 aliphatic carbocycles. The van der Waals surface area contributed by atoms with Gasteiger partial charge in [0.1, 0.15) is 5.76 Å². The third-order valence-electron chi connectivity index (χ3n) is 4.47. The molecule has 5 nitrogen and oxygen atoms in total. The topological polar surface area (TPSA) is 58.8 Å². The van der Waals surface area contributed by atoms with Crippen LogP contribution in [0, 0.1) is 0 Å². The standard InChI is InChI=1S/C20H24F3N3O2/c21-20(22,23)16-7-5-15(6-8-16)13-25-19(26-14-18-4-2-12-28-18)24-10-9-17-3-1-11-27-17/h1,3,5-8,11,18H,2,4,9-10,12-14H2,(H2,24,25,26). The molecule has 1 fully saturated rings. The number of aliphatic imine (C=N–C) groups is 1. The average molecular weight is 395 g/mol. The molecule has 2 heterocycles. The second-order valence-electron chi connectivity index (χ2n) is 6.63. The highest BCUT2D eigenvalue weighted by Crippen LogP contribution is 2.29. The van der Waals surface area contributed by atoms with E-state index in [1.807, 2.05) is 12.1 Å². The van der Waals surface area contributed by atoms with Crippen molar-refractivity contribution in [3.05, 3.63) is 59.5 Å². The summed E-state index contributed by atoms with van der Waals surface area (Å²) < 4.78 is 48.9. The second kappa shape index (κ2) is 9.64. The van der Waals surface area contributed by atoms with Crippen molar-refractivity contribution < 1.29 is 22.3 Å². The molecule has 28 heavy (non-hydrogen) atoms. The van der Waals surface area contributed by atoms with Gasteiger partial charge in [-0.2, -0.15) is 13.2 Å². The molecule has 1 aliphatic rings. The maximum absolute atomic E-state index is 12.7. The van der Waals surface area contributed by atoms with Crippen LogP contribution in [0.2, 0.25) is 0 Å². The van der Waals surface area contributed by atoms with E-state index in [1.54, 1.807) is 6.26 Å². The van der Waals surface area contributed by atoms with Crippen LogP contribution in [0.1, 0.15) is 29.7 Å². The molecule has 1 aromatic carbocycles. The lowest BCUT2D eigenvalue weighted by Gasteiger charge is -2.15. The number of nitrogens with zero attached hydrogens (tertiary/aromatic N) is 1. The first-order chi connectivity index (χ1) is 13.5. The summed E-state index contributed by atoms with van der Waals surface area (Å²) in [5.41, 5.74) is 0.0470. The highest BCUT2D eigenvalue weighted by molar-refractivity contribution is 5.79. The van der Waals surface area contributed by atoms with Gasteiger partial charge in [-0.1, -0.05) is 12.1 Å². The average Bonchev–Trinajstić information content (AvgIpc) is 3.37. The Labute approximate surface area is 162 Å². The van der Waals surface area contributed by atoms with E-state index >= 15 is 0 Å². The Hall–Kier alpha value is -2.48. The molecule has 3 rings (SSSR count). The lowest BCUT2D eigenvalue weighted by atomic mass is 10.1. The normalized spacial score (nSPS) is 17.7. The van der Waals surface area contributed by atoms with Gasteiger partial charge in [-0.25, -0.2) is 4.99 Å². The molecule has 1 saturated heterocycles. The van der Waals surface area contributed by atoms with Gasteiger partial charge in [-0.3, -0.25) is 0 Å². The molecule has 0 radical (unpaired) electrons. The molecule has 0 spiro atoms. The van der Waals surface area contributed by atoms with Crippen LogP contribution in [-0.2, 0) is 23.9 Å². The molecular weight excluding hydrogens is 371 g/mol. The van der Waals surface area contributed by atoms with E-state index < -0.39 is 11.7 Å². The molecule has 1 unspecified atom stereocenters. The van der Waals surface area contributed by atoms with Crippen LogP contribution >= 0.6 is 0 Å². The van der Waals surface area contributed by atoms with Gasteiger partial charge in [0.25, 0.3) is 0 Å². The molecule has 1 aromatic heterocycles. The Balaban J connectivity index is 1.57. The van der Waals surface area contributed by atoms with Crippen molar-refractivity contribution >= 4 is 5.96 Å². The van der Waals surface area contributed by atoms with Gasteiger partial charge < -0.3 is 19.8 Å². The van der Waals surface area contributed by atoms with E-state index in [0.29, 0.717) is 31.0 Å². The molecule has 1 atom stereocenters. The van der Waals surface area contributed by atoms with Crippen molar-refractivity contribution in [2.24, 2.45) is 4.99 Å². The number of halogens is 3. The van der Waals surface area contributed by atoms with Crippen LogP contribution in [0.25, 0.3) is 0 Å². The van der Waals surface area contributed by atoms with Crippen LogP contribution in [0.15, 0.2) is 52.1 Å². The highest BCUT2D eigenvalue weighted by Gasteiger charge is 2.29. The Kier molecular flexibility index (Phi) is 6.97. The van der Waals surface area contributed by atoms with Crippen LogP contribution in [-0.4, -0.2) is 31.8 Å². The fourth-order valence-electron chi connectivity index (χ4n) is 2.92. The Morgan fingerprint density at radius 2 is 1.96 bits per heavy atom. The van der Waals surface area contributed by atoms with Crippen LogP contribution in [0.3, 0.4) is 0 Å². The van der Waals surface area contributed by atoms with Gasteiger partial charge in [0.2, 0.25) is 0 Å². The van der Waals surface area contributed by atoms with Crippen molar-refractivity contribution in [1.29, 1.82) is 0 Å². The number of ether oxygens (including phenoxy) is 1. The molecular formula is C20H24F3N3O2. The molecule has 2 N–H and O–H groups in total. The van der Waals surface area contributed by atoms with E-state index in [2.05, 4.69) is 15.6 Å². The van der Waals surface area contributed by atoms with E-state index in [-0.39, 0.29) is 12.6 Å². The van der Waals surface area contributed by atoms with Gasteiger partial charge >= 0.3 is 6.18 Å². The van der Waals surface area contributed by atoms with Crippen molar-refractivity contribution in [3.8, 4) is 0 Å². The largest absolute Gasteiger partial charge is 0.469 e. The fraction of sp³-hybridized carbons (Fsp3) is 0.450. The number of furan rings is 1. The minimum Gasteiger partial charge on any atom is -0.469 e. The zero-order valence-corrected chi connectivity index (χ0v) is 15.5. The molecule has 2 aromatic rings. The monoisotopic (exact) mass is 395 g/mol. The third kappa shape index (κ3) is 6.30. The van der Waals surface area contributed by atoms with E-state index in [4.69, 9.17) is 9.15 Å². The molecule has 152 valence electrons. The number of nitrogens with one attached hydrogen (secondary N) is 2. The number of hydrogen-bond acceptors (Lipinski definition) is 3.